The van der Waals surface area contributed by atoms with Crippen molar-refractivity contribution in [2.75, 3.05) is 6.61 Å². The molecule has 0 aliphatic rings. The molecule has 1 aromatic rings. The lowest BCUT2D eigenvalue weighted by atomic mass is 10.2. The van der Waals surface area contributed by atoms with Gasteiger partial charge in [0.1, 0.15) is 11.6 Å². The summed E-state index contributed by atoms with van der Waals surface area (Å²) in [4.78, 5) is 0. The smallest absolute Gasteiger partial charge is 0.142 e. The molecule has 0 atom stereocenters. The minimum atomic E-state index is 0.179. The first-order chi connectivity index (χ1) is 6.74. The standard InChI is InChI=1S/C10H14N2O2/c1-8-4-2-3-5-9(8)14-7-6-10(11)12-13/h2-5,13H,6-7H2,1H3,(H2,11,12). The molecule has 4 heteroatoms. The Hall–Kier alpha value is -1.71. The van der Waals surface area contributed by atoms with Gasteiger partial charge in [-0.3, -0.25) is 0 Å². The van der Waals surface area contributed by atoms with Crippen LogP contribution in [0.1, 0.15) is 12.0 Å². The molecule has 0 unspecified atom stereocenters. The van der Waals surface area contributed by atoms with Crippen LogP contribution in [0.25, 0.3) is 0 Å². The number of aryl methyl sites for hydroxylation is 1. The SMILES string of the molecule is Cc1ccccc1OCC/C(N)=N/O. The van der Waals surface area contributed by atoms with Crippen LogP contribution in [0.3, 0.4) is 0 Å². The number of hydrogen-bond acceptors (Lipinski definition) is 3. The molecular weight excluding hydrogens is 180 g/mol. The van der Waals surface area contributed by atoms with Crippen molar-refractivity contribution in [2.45, 2.75) is 13.3 Å². The molecule has 0 amide bonds. The van der Waals surface area contributed by atoms with E-state index in [2.05, 4.69) is 5.16 Å². The topological polar surface area (TPSA) is 67.8 Å². The van der Waals surface area contributed by atoms with Gasteiger partial charge in [0, 0.05) is 6.42 Å². The number of oxime groups is 1. The predicted octanol–water partition coefficient (Wildman–Crippen LogP) is 1.51. The van der Waals surface area contributed by atoms with E-state index in [1.165, 1.54) is 0 Å². The van der Waals surface area contributed by atoms with Crippen molar-refractivity contribution in [2.24, 2.45) is 10.9 Å². The minimum Gasteiger partial charge on any atom is -0.493 e. The van der Waals surface area contributed by atoms with Gasteiger partial charge in [-0.2, -0.15) is 0 Å². The molecule has 4 nitrogen and oxygen atoms in total. The highest BCUT2D eigenvalue weighted by Gasteiger charge is 1.98. The molecule has 1 rings (SSSR count). The zero-order valence-corrected chi connectivity index (χ0v) is 8.10. The maximum atomic E-state index is 8.29. The summed E-state index contributed by atoms with van der Waals surface area (Å²) in [6, 6.07) is 7.72. The van der Waals surface area contributed by atoms with E-state index in [-0.39, 0.29) is 5.84 Å². The molecule has 1 aromatic carbocycles. The molecule has 0 spiro atoms. The highest BCUT2D eigenvalue weighted by Crippen LogP contribution is 2.15. The van der Waals surface area contributed by atoms with Gasteiger partial charge in [-0.15, -0.1) is 0 Å². The number of rotatable bonds is 4. The molecule has 0 fully saturated rings. The van der Waals surface area contributed by atoms with Gasteiger partial charge < -0.3 is 15.7 Å². The first kappa shape index (κ1) is 10.4. The number of ether oxygens (including phenoxy) is 1. The molecule has 0 aliphatic carbocycles. The van der Waals surface area contributed by atoms with Gasteiger partial charge in [0.15, 0.2) is 0 Å². The number of nitrogens with zero attached hydrogens (tertiary/aromatic N) is 1. The van der Waals surface area contributed by atoms with Crippen LogP contribution in [0, 0.1) is 6.92 Å². The van der Waals surface area contributed by atoms with Gasteiger partial charge in [0.05, 0.1) is 6.61 Å². The van der Waals surface area contributed by atoms with Crippen LogP contribution < -0.4 is 10.5 Å². The van der Waals surface area contributed by atoms with Crippen LogP contribution in [0.5, 0.6) is 5.75 Å². The van der Waals surface area contributed by atoms with Crippen LogP contribution in [-0.4, -0.2) is 17.6 Å². The molecule has 0 saturated heterocycles. The highest BCUT2D eigenvalue weighted by atomic mass is 16.5. The van der Waals surface area contributed by atoms with E-state index in [9.17, 15) is 0 Å². The van der Waals surface area contributed by atoms with Crippen molar-refractivity contribution < 1.29 is 9.94 Å². The average molecular weight is 194 g/mol. The van der Waals surface area contributed by atoms with Crippen molar-refractivity contribution in [3.8, 4) is 5.75 Å². The Labute approximate surface area is 83.0 Å². The fourth-order valence-electron chi connectivity index (χ4n) is 1.03. The number of para-hydroxylation sites is 1. The first-order valence-corrected chi connectivity index (χ1v) is 4.39. The highest BCUT2D eigenvalue weighted by molar-refractivity contribution is 5.79. The molecule has 0 heterocycles. The number of nitrogens with two attached hydrogens (primary N) is 1. The third kappa shape index (κ3) is 2.97. The molecular formula is C10H14N2O2. The van der Waals surface area contributed by atoms with E-state index in [1.54, 1.807) is 0 Å². The van der Waals surface area contributed by atoms with Gasteiger partial charge in [-0.05, 0) is 18.6 Å². The largest absolute Gasteiger partial charge is 0.493 e. The first-order valence-electron chi connectivity index (χ1n) is 4.39. The van der Waals surface area contributed by atoms with Crippen molar-refractivity contribution in [1.82, 2.24) is 0 Å². The van der Waals surface area contributed by atoms with E-state index in [0.29, 0.717) is 13.0 Å². The third-order valence-corrected chi connectivity index (χ3v) is 1.84. The van der Waals surface area contributed by atoms with Crippen molar-refractivity contribution in [3.63, 3.8) is 0 Å². The lowest BCUT2D eigenvalue weighted by Crippen LogP contribution is -2.15. The summed E-state index contributed by atoms with van der Waals surface area (Å²) in [6.07, 6.45) is 0.421. The van der Waals surface area contributed by atoms with Crippen molar-refractivity contribution >= 4 is 5.84 Å². The molecule has 0 saturated carbocycles. The van der Waals surface area contributed by atoms with Crippen LogP contribution in [0.4, 0.5) is 0 Å². The van der Waals surface area contributed by atoms with Gasteiger partial charge in [-0.25, -0.2) is 0 Å². The normalized spacial score (nSPS) is 11.4. The van der Waals surface area contributed by atoms with E-state index in [4.69, 9.17) is 15.7 Å². The lowest BCUT2D eigenvalue weighted by Gasteiger charge is -2.07. The Morgan fingerprint density at radius 1 is 1.50 bits per heavy atom. The zero-order valence-electron chi connectivity index (χ0n) is 8.10. The minimum absolute atomic E-state index is 0.179. The summed E-state index contributed by atoms with van der Waals surface area (Å²) in [5.74, 6) is 1.01. The molecule has 0 aromatic heterocycles. The second-order valence-corrected chi connectivity index (χ2v) is 2.96. The van der Waals surface area contributed by atoms with Crippen LogP contribution in [0.15, 0.2) is 29.4 Å². The monoisotopic (exact) mass is 194 g/mol. The van der Waals surface area contributed by atoms with Crippen LogP contribution in [0.2, 0.25) is 0 Å². The van der Waals surface area contributed by atoms with Gasteiger partial charge in [0.25, 0.3) is 0 Å². The Balaban J connectivity index is 2.43. The molecule has 76 valence electrons. The lowest BCUT2D eigenvalue weighted by molar-refractivity contribution is 0.305. The van der Waals surface area contributed by atoms with Crippen LogP contribution in [-0.2, 0) is 0 Å². The van der Waals surface area contributed by atoms with Gasteiger partial charge >= 0.3 is 0 Å². The fourth-order valence-corrected chi connectivity index (χ4v) is 1.03. The Morgan fingerprint density at radius 3 is 2.86 bits per heavy atom. The maximum Gasteiger partial charge on any atom is 0.142 e. The van der Waals surface area contributed by atoms with Gasteiger partial charge in [0.2, 0.25) is 0 Å². The Bertz CT molecular complexity index is 324. The number of amidine groups is 1. The van der Waals surface area contributed by atoms with E-state index in [1.807, 2.05) is 31.2 Å². The molecule has 0 aliphatic heterocycles. The zero-order chi connectivity index (χ0) is 10.4. The van der Waals surface area contributed by atoms with Crippen molar-refractivity contribution in [1.29, 1.82) is 0 Å². The summed E-state index contributed by atoms with van der Waals surface area (Å²) >= 11 is 0. The predicted molar refractivity (Wildman–Crippen MR) is 54.7 cm³/mol. The quantitative estimate of drug-likeness (QED) is 0.330. The number of hydrogen-bond donors (Lipinski definition) is 2. The average Bonchev–Trinajstić information content (AvgIpc) is 2.20. The summed E-state index contributed by atoms with van der Waals surface area (Å²) in [5.41, 5.74) is 6.37. The van der Waals surface area contributed by atoms with E-state index in [0.717, 1.165) is 11.3 Å². The number of benzene rings is 1. The second-order valence-electron chi connectivity index (χ2n) is 2.96. The summed E-state index contributed by atoms with van der Waals surface area (Å²) in [5, 5.41) is 11.2. The van der Waals surface area contributed by atoms with E-state index < -0.39 is 0 Å². The molecule has 0 bridgehead atoms. The van der Waals surface area contributed by atoms with Crippen LogP contribution >= 0.6 is 0 Å². The Morgan fingerprint density at radius 2 is 2.21 bits per heavy atom. The summed E-state index contributed by atoms with van der Waals surface area (Å²) < 4.78 is 5.44. The second kappa shape index (κ2) is 5.11. The summed E-state index contributed by atoms with van der Waals surface area (Å²) in [7, 11) is 0. The fraction of sp³-hybridized carbons (Fsp3) is 0.300. The molecule has 0 radical (unpaired) electrons. The molecule has 14 heavy (non-hydrogen) atoms. The molecule has 3 N–H and O–H groups in total. The van der Waals surface area contributed by atoms with Crippen molar-refractivity contribution in [3.05, 3.63) is 29.8 Å². The Kier molecular flexibility index (Phi) is 3.79. The van der Waals surface area contributed by atoms with E-state index >= 15 is 0 Å². The maximum absolute atomic E-state index is 8.29. The third-order valence-electron chi connectivity index (χ3n) is 1.84. The van der Waals surface area contributed by atoms with Gasteiger partial charge in [-0.1, -0.05) is 23.4 Å². The summed E-state index contributed by atoms with van der Waals surface area (Å²) in [6.45, 7) is 2.39.